The molecule has 0 amide bonds. The second kappa shape index (κ2) is 40.6. The van der Waals surface area contributed by atoms with Crippen molar-refractivity contribution in [3.8, 4) is 0 Å². The Hall–Kier alpha value is -2.02. The van der Waals surface area contributed by atoms with E-state index in [-0.39, 0.29) is 26.1 Å². The fourth-order valence-electron chi connectivity index (χ4n) is 8.44. The van der Waals surface area contributed by atoms with Crippen molar-refractivity contribution in [2.45, 2.75) is 274 Å². The van der Waals surface area contributed by atoms with Gasteiger partial charge in [-0.05, 0) is 64.2 Å². The highest BCUT2D eigenvalue weighted by atomic mass is 16.7. The van der Waals surface area contributed by atoms with Crippen molar-refractivity contribution < 1.29 is 73.8 Å². The monoisotopic (exact) mass is 973 g/mol. The van der Waals surface area contributed by atoms with Crippen LogP contribution in [-0.2, 0) is 38.0 Å². The third-order valence-corrected chi connectivity index (χ3v) is 12.9. The van der Waals surface area contributed by atoms with Crippen LogP contribution in [0.15, 0.2) is 24.3 Å². The SMILES string of the molecule is CCCCCCCC/C=C\CCCCCCCCCC(=O)OC(COC(=O)CCCCCCC/C=C\CCCCCCCC)COC1OC(COC2OC(CO)C(O)C(O)C2O)C(O)C(O)C1O. The molecule has 0 aromatic heterocycles. The molecule has 398 valence electrons. The Morgan fingerprint density at radius 3 is 1.29 bits per heavy atom. The average Bonchev–Trinajstić information content (AvgIpc) is 3.33. The van der Waals surface area contributed by atoms with Gasteiger partial charge >= 0.3 is 11.9 Å². The molecule has 11 atom stereocenters. The molecular formula is C53H96O15. The number of hydrogen-bond acceptors (Lipinski definition) is 15. The van der Waals surface area contributed by atoms with Crippen molar-refractivity contribution in [3.05, 3.63) is 24.3 Å². The van der Waals surface area contributed by atoms with Crippen LogP contribution in [0.4, 0.5) is 0 Å². The molecule has 11 unspecified atom stereocenters. The Bertz CT molecular complexity index is 1280. The highest BCUT2D eigenvalue weighted by Crippen LogP contribution is 2.26. The van der Waals surface area contributed by atoms with Crippen LogP contribution < -0.4 is 0 Å². The van der Waals surface area contributed by atoms with Gasteiger partial charge in [0.2, 0.25) is 0 Å². The second-order valence-corrected chi connectivity index (χ2v) is 19.0. The molecule has 0 spiro atoms. The molecule has 15 nitrogen and oxygen atoms in total. The number of aliphatic hydroxyl groups is 7. The van der Waals surface area contributed by atoms with Crippen LogP contribution in [-0.4, -0.2) is 142 Å². The van der Waals surface area contributed by atoms with E-state index in [1.165, 1.54) is 96.3 Å². The van der Waals surface area contributed by atoms with Crippen molar-refractivity contribution in [1.82, 2.24) is 0 Å². The van der Waals surface area contributed by atoms with Gasteiger partial charge in [0.05, 0.1) is 19.8 Å². The van der Waals surface area contributed by atoms with E-state index in [1.807, 2.05) is 0 Å². The fourth-order valence-corrected chi connectivity index (χ4v) is 8.44. The van der Waals surface area contributed by atoms with Crippen LogP contribution in [0, 0.1) is 0 Å². The second-order valence-electron chi connectivity index (χ2n) is 19.0. The van der Waals surface area contributed by atoms with E-state index in [0.717, 1.165) is 70.6 Å². The Morgan fingerprint density at radius 2 is 0.838 bits per heavy atom. The van der Waals surface area contributed by atoms with Gasteiger partial charge in [-0.15, -0.1) is 0 Å². The van der Waals surface area contributed by atoms with E-state index in [9.17, 15) is 45.3 Å². The number of ether oxygens (including phenoxy) is 6. The highest BCUT2D eigenvalue weighted by molar-refractivity contribution is 5.70. The number of aliphatic hydroxyl groups excluding tert-OH is 7. The number of unbranched alkanes of at least 4 members (excludes halogenated alkanes) is 24. The summed E-state index contributed by atoms with van der Waals surface area (Å²) in [6, 6.07) is 0. The number of rotatable bonds is 42. The van der Waals surface area contributed by atoms with Crippen molar-refractivity contribution in [2.24, 2.45) is 0 Å². The van der Waals surface area contributed by atoms with Crippen molar-refractivity contribution >= 4 is 11.9 Å². The zero-order chi connectivity index (χ0) is 49.6. The average molecular weight is 973 g/mol. The number of allylic oxidation sites excluding steroid dienone is 4. The summed E-state index contributed by atoms with van der Waals surface area (Å²) in [5, 5.41) is 72.1. The van der Waals surface area contributed by atoms with Gasteiger partial charge in [0.1, 0.15) is 55.4 Å². The summed E-state index contributed by atoms with van der Waals surface area (Å²) in [5.74, 6) is -0.934. The van der Waals surface area contributed by atoms with Crippen LogP contribution in [0.5, 0.6) is 0 Å². The van der Waals surface area contributed by atoms with Gasteiger partial charge in [-0.25, -0.2) is 0 Å². The Balaban J connectivity index is 1.80. The van der Waals surface area contributed by atoms with Crippen molar-refractivity contribution in [1.29, 1.82) is 0 Å². The summed E-state index contributed by atoms with van der Waals surface area (Å²) in [4.78, 5) is 25.8. The quantitative estimate of drug-likeness (QED) is 0.0175. The molecule has 2 aliphatic rings. The summed E-state index contributed by atoms with van der Waals surface area (Å²) in [6.07, 6.45) is 24.8. The summed E-state index contributed by atoms with van der Waals surface area (Å²) >= 11 is 0. The van der Waals surface area contributed by atoms with E-state index < -0.39 is 92.7 Å². The molecular weight excluding hydrogens is 877 g/mol. The van der Waals surface area contributed by atoms with Gasteiger partial charge in [-0.3, -0.25) is 9.59 Å². The molecule has 68 heavy (non-hydrogen) atoms. The summed E-state index contributed by atoms with van der Waals surface area (Å²) in [7, 11) is 0. The van der Waals surface area contributed by atoms with E-state index in [1.54, 1.807) is 0 Å². The van der Waals surface area contributed by atoms with Crippen molar-refractivity contribution in [3.63, 3.8) is 0 Å². The minimum atomic E-state index is -1.76. The minimum Gasteiger partial charge on any atom is -0.462 e. The third kappa shape index (κ3) is 28.1. The number of esters is 2. The molecule has 0 aliphatic carbocycles. The van der Waals surface area contributed by atoms with Crippen molar-refractivity contribution in [2.75, 3.05) is 26.4 Å². The van der Waals surface area contributed by atoms with E-state index in [0.29, 0.717) is 12.8 Å². The van der Waals surface area contributed by atoms with Gasteiger partial charge in [-0.1, -0.05) is 154 Å². The Kier molecular flexibility index (Phi) is 37.0. The Labute approximate surface area is 409 Å². The molecule has 2 saturated heterocycles. The van der Waals surface area contributed by atoms with E-state index in [2.05, 4.69) is 38.2 Å². The minimum absolute atomic E-state index is 0.160. The lowest BCUT2D eigenvalue weighted by Gasteiger charge is -2.42. The maximum atomic E-state index is 13.0. The van der Waals surface area contributed by atoms with Gasteiger partial charge < -0.3 is 64.2 Å². The molecule has 0 bridgehead atoms. The summed E-state index contributed by atoms with van der Waals surface area (Å²) in [6.45, 7) is 2.58. The lowest BCUT2D eigenvalue weighted by Crippen LogP contribution is -2.61. The molecule has 7 N–H and O–H groups in total. The molecule has 0 aromatic carbocycles. The first-order valence-electron chi connectivity index (χ1n) is 26.9. The molecule has 2 rings (SSSR count). The van der Waals surface area contributed by atoms with Gasteiger partial charge in [-0.2, -0.15) is 0 Å². The number of carbonyl (C=O) groups is 2. The molecule has 0 saturated carbocycles. The van der Waals surface area contributed by atoms with Crippen LogP contribution in [0.3, 0.4) is 0 Å². The van der Waals surface area contributed by atoms with Crippen LogP contribution >= 0.6 is 0 Å². The number of hydrogen-bond donors (Lipinski definition) is 7. The Morgan fingerprint density at radius 1 is 0.456 bits per heavy atom. The van der Waals surface area contributed by atoms with Crippen LogP contribution in [0.1, 0.15) is 206 Å². The predicted molar refractivity (Wildman–Crippen MR) is 261 cm³/mol. The fraction of sp³-hybridized carbons (Fsp3) is 0.887. The first kappa shape index (κ1) is 62.1. The topological polar surface area (TPSA) is 231 Å². The van der Waals surface area contributed by atoms with Crippen LogP contribution in [0.2, 0.25) is 0 Å². The first-order valence-corrected chi connectivity index (χ1v) is 26.9. The molecule has 2 fully saturated rings. The maximum absolute atomic E-state index is 13.0. The number of carbonyl (C=O) groups excluding carboxylic acids is 2. The largest absolute Gasteiger partial charge is 0.462 e. The lowest BCUT2D eigenvalue weighted by molar-refractivity contribution is -0.332. The zero-order valence-electron chi connectivity index (χ0n) is 42.1. The molecule has 2 aliphatic heterocycles. The zero-order valence-corrected chi connectivity index (χ0v) is 42.1. The molecule has 0 radical (unpaired) electrons. The molecule has 15 heteroatoms. The molecule has 0 aromatic rings. The van der Waals surface area contributed by atoms with E-state index >= 15 is 0 Å². The third-order valence-electron chi connectivity index (χ3n) is 12.9. The van der Waals surface area contributed by atoms with Gasteiger partial charge in [0.25, 0.3) is 0 Å². The summed E-state index contributed by atoms with van der Waals surface area (Å²) < 4.78 is 33.6. The first-order chi connectivity index (χ1) is 33.0. The summed E-state index contributed by atoms with van der Waals surface area (Å²) in [5.41, 5.74) is 0. The normalized spacial score (nSPS) is 25.9. The molecule has 2 heterocycles. The van der Waals surface area contributed by atoms with Gasteiger partial charge in [0.15, 0.2) is 18.7 Å². The maximum Gasteiger partial charge on any atom is 0.306 e. The predicted octanol–water partition coefficient (Wildman–Crippen LogP) is 7.94. The van der Waals surface area contributed by atoms with Gasteiger partial charge in [0, 0.05) is 12.8 Å². The smallest absolute Gasteiger partial charge is 0.306 e. The lowest BCUT2D eigenvalue weighted by atomic mass is 9.98. The highest BCUT2D eigenvalue weighted by Gasteiger charge is 2.47. The standard InChI is InChI=1S/C53H96O15/c1-3-5-7-9-11-13-15-17-19-20-22-24-26-28-30-32-34-36-45(56)66-41(38-63-44(55)35-33-31-29-27-25-23-21-18-16-14-12-10-8-6-4-2)39-64-52-51(62)49(60)47(58)43(68-52)40-65-53-50(61)48(59)46(57)42(37-54)67-53/h17-19,21,41-43,46-54,57-62H,3-16,20,22-40H2,1-2H3/b19-17-,21-18-. The van der Waals surface area contributed by atoms with Crippen LogP contribution in [0.25, 0.3) is 0 Å². The van der Waals surface area contributed by atoms with E-state index in [4.69, 9.17) is 28.4 Å².